The first-order valence-electron chi connectivity index (χ1n) is 7.77. The third-order valence-corrected chi connectivity index (χ3v) is 4.25. The predicted molar refractivity (Wildman–Crippen MR) is 79.5 cm³/mol. The molecule has 2 N–H and O–H groups in total. The van der Waals surface area contributed by atoms with Crippen molar-refractivity contribution in [3.8, 4) is 0 Å². The number of carbonyl (C=O) groups is 1. The topological polar surface area (TPSA) is 53.6 Å². The number of hydrogen-bond acceptors (Lipinski definition) is 3. The van der Waals surface area contributed by atoms with E-state index in [1.807, 2.05) is 6.20 Å². The van der Waals surface area contributed by atoms with Crippen LogP contribution in [0.2, 0.25) is 0 Å². The summed E-state index contributed by atoms with van der Waals surface area (Å²) < 4.78 is 5.29. The standard InChI is InChI=1S/C15H27N3O2/c1-13(14-4-2-3-5-14)12-17-15(19)16-6-7-18-8-10-20-11-9-18/h12,14H,2-11H2,1H3,(H2,16,17,19)/b13-12+. The zero-order valence-corrected chi connectivity index (χ0v) is 12.5. The lowest BCUT2D eigenvalue weighted by Crippen LogP contribution is -2.43. The molecule has 0 radical (unpaired) electrons. The number of allylic oxidation sites excluding steroid dienone is 1. The zero-order valence-electron chi connectivity index (χ0n) is 12.5. The van der Waals surface area contributed by atoms with Gasteiger partial charge in [0.15, 0.2) is 0 Å². The number of nitrogens with zero attached hydrogens (tertiary/aromatic N) is 1. The Morgan fingerprint density at radius 2 is 2.00 bits per heavy atom. The van der Waals surface area contributed by atoms with Crippen LogP contribution in [-0.2, 0) is 4.74 Å². The number of ether oxygens (including phenoxy) is 1. The second-order valence-electron chi connectivity index (χ2n) is 5.72. The van der Waals surface area contributed by atoms with Crippen LogP contribution in [0.5, 0.6) is 0 Å². The Bertz CT molecular complexity index is 332. The summed E-state index contributed by atoms with van der Waals surface area (Å²) in [6, 6.07) is -0.101. The van der Waals surface area contributed by atoms with Gasteiger partial charge in [0.1, 0.15) is 0 Å². The van der Waals surface area contributed by atoms with Gasteiger partial charge < -0.3 is 15.4 Å². The second kappa shape index (κ2) is 8.27. The average Bonchev–Trinajstić information content (AvgIpc) is 3.00. The summed E-state index contributed by atoms with van der Waals surface area (Å²) in [7, 11) is 0. The molecular weight excluding hydrogens is 254 g/mol. The van der Waals surface area contributed by atoms with Crippen LogP contribution in [-0.4, -0.2) is 50.3 Å². The molecule has 1 saturated heterocycles. The highest BCUT2D eigenvalue weighted by Crippen LogP contribution is 2.30. The summed E-state index contributed by atoms with van der Waals surface area (Å²) in [5.41, 5.74) is 1.30. The van der Waals surface area contributed by atoms with Gasteiger partial charge in [0.25, 0.3) is 0 Å². The third kappa shape index (κ3) is 5.13. The summed E-state index contributed by atoms with van der Waals surface area (Å²) >= 11 is 0. The van der Waals surface area contributed by atoms with Crippen molar-refractivity contribution in [2.45, 2.75) is 32.6 Å². The Kier molecular flexibility index (Phi) is 6.33. The Morgan fingerprint density at radius 3 is 2.70 bits per heavy atom. The van der Waals surface area contributed by atoms with Crippen LogP contribution in [0.15, 0.2) is 11.8 Å². The van der Waals surface area contributed by atoms with Crippen LogP contribution in [0, 0.1) is 5.92 Å². The molecule has 1 saturated carbocycles. The molecule has 0 aromatic heterocycles. The van der Waals surface area contributed by atoms with Crippen molar-refractivity contribution in [2.24, 2.45) is 5.92 Å². The SMILES string of the molecule is C/C(=C\NC(=O)NCCN1CCOCC1)C1CCCC1. The van der Waals surface area contributed by atoms with Gasteiger partial charge in [0.2, 0.25) is 0 Å². The van der Waals surface area contributed by atoms with Crippen LogP contribution in [0.4, 0.5) is 4.79 Å². The molecule has 1 aliphatic carbocycles. The highest BCUT2D eigenvalue weighted by molar-refractivity contribution is 5.74. The molecule has 2 aliphatic rings. The van der Waals surface area contributed by atoms with Crippen LogP contribution in [0.25, 0.3) is 0 Å². The molecule has 0 aromatic rings. The molecule has 5 heteroatoms. The molecule has 0 atom stereocenters. The van der Waals surface area contributed by atoms with E-state index in [0.29, 0.717) is 12.5 Å². The normalized spacial score (nSPS) is 21.9. The molecule has 2 amide bonds. The van der Waals surface area contributed by atoms with Crippen molar-refractivity contribution in [1.82, 2.24) is 15.5 Å². The number of hydrogen-bond donors (Lipinski definition) is 2. The minimum absolute atomic E-state index is 0.101. The van der Waals surface area contributed by atoms with Gasteiger partial charge in [-0.25, -0.2) is 4.79 Å². The van der Waals surface area contributed by atoms with Crippen molar-refractivity contribution in [2.75, 3.05) is 39.4 Å². The maximum absolute atomic E-state index is 11.7. The molecule has 5 nitrogen and oxygen atoms in total. The van der Waals surface area contributed by atoms with E-state index in [0.717, 1.165) is 32.8 Å². The maximum Gasteiger partial charge on any atom is 0.318 e. The first-order chi connectivity index (χ1) is 9.75. The van der Waals surface area contributed by atoms with Crippen LogP contribution in [0.1, 0.15) is 32.6 Å². The van der Waals surface area contributed by atoms with E-state index >= 15 is 0 Å². The summed E-state index contributed by atoms with van der Waals surface area (Å²) in [4.78, 5) is 14.0. The van der Waals surface area contributed by atoms with Crippen LogP contribution >= 0.6 is 0 Å². The van der Waals surface area contributed by atoms with E-state index < -0.39 is 0 Å². The Hall–Kier alpha value is -1.07. The van der Waals surface area contributed by atoms with Crippen LogP contribution < -0.4 is 10.6 Å². The lowest BCUT2D eigenvalue weighted by atomic mass is 10.0. The van der Waals surface area contributed by atoms with Gasteiger partial charge >= 0.3 is 6.03 Å². The lowest BCUT2D eigenvalue weighted by Gasteiger charge is -2.26. The van der Waals surface area contributed by atoms with E-state index in [1.165, 1.54) is 31.3 Å². The Balaban J connectivity index is 1.58. The third-order valence-electron chi connectivity index (χ3n) is 4.25. The molecule has 0 aromatic carbocycles. The highest BCUT2D eigenvalue weighted by Gasteiger charge is 2.16. The lowest BCUT2D eigenvalue weighted by molar-refractivity contribution is 0.0387. The molecule has 2 fully saturated rings. The minimum atomic E-state index is -0.101. The summed E-state index contributed by atoms with van der Waals surface area (Å²) in [5, 5.41) is 5.74. The van der Waals surface area contributed by atoms with Crippen molar-refractivity contribution in [3.63, 3.8) is 0 Å². The molecule has 0 unspecified atom stereocenters. The van der Waals surface area contributed by atoms with Gasteiger partial charge in [0, 0.05) is 32.4 Å². The Morgan fingerprint density at radius 1 is 1.30 bits per heavy atom. The summed E-state index contributed by atoms with van der Waals surface area (Å²) in [6.07, 6.45) is 7.05. The Labute approximate surface area is 121 Å². The molecule has 0 spiro atoms. The number of amides is 2. The van der Waals surface area contributed by atoms with Gasteiger partial charge in [-0.05, 0) is 25.7 Å². The predicted octanol–water partition coefficient (Wildman–Crippen LogP) is 1.71. The van der Waals surface area contributed by atoms with E-state index in [9.17, 15) is 4.79 Å². The molecule has 2 rings (SSSR count). The number of carbonyl (C=O) groups excluding carboxylic acids is 1. The smallest absolute Gasteiger partial charge is 0.318 e. The first kappa shape index (κ1) is 15.3. The molecule has 0 bridgehead atoms. The number of rotatable bonds is 5. The van der Waals surface area contributed by atoms with Gasteiger partial charge in [0.05, 0.1) is 13.2 Å². The minimum Gasteiger partial charge on any atom is -0.379 e. The number of nitrogens with one attached hydrogen (secondary N) is 2. The van der Waals surface area contributed by atoms with E-state index in [1.54, 1.807) is 0 Å². The first-order valence-corrected chi connectivity index (χ1v) is 7.77. The van der Waals surface area contributed by atoms with Gasteiger partial charge in [-0.3, -0.25) is 4.90 Å². The second-order valence-corrected chi connectivity index (χ2v) is 5.72. The van der Waals surface area contributed by atoms with Crippen molar-refractivity contribution in [1.29, 1.82) is 0 Å². The van der Waals surface area contributed by atoms with Crippen molar-refractivity contribution in [3.05, 3.63) is 11.8 Å². The molecule has 114 valence electrons. The fourth-order valence-corrected chi connectivity index (χ4v) is 2.88. The average molecular weight is 281 g/mol. The number of urea groups is 1. The zero-order chi connectivity index (χ0) is 14.2. The largest absolute Gasteiger partial charge is 0.379 e. The summed E-state index contributed by atoms with van der Waals surface area (Å²) in [6.45, 7) is 7.22. The maximum atomic E-state index is 11.7. The fourth-order valence-electron chi connectivity index (χ4n) is 2.88. The van der Waals surface area contributed by atoms with Gasteiger partial charge in [-0.1, -0.05) is 18.4 Å². The molecule has 1 aliphatic heterocycles. The molecule has 20 heavy (non-hydrogen) atoms. The van der Waals surface area contributed by atoms with Crippen molar-refractivity contribution < 1.29 is 9.53 Å². The monoisotopic (exact) mass is 281 g/mol. The quantitative estimate of drug-likeness (QED) is 0.806. The van der Waals surface area contributed by atoms with Gasteiger partial charge in [-0.2, -0.15) is 0 Å². The number of morpholine rings is 1. The highest BCUT2D eigenvalue weighted by atomic mass is 16.5. The van der Waals surface area contributed by atoms with Gasteiger partial charge in [-0.15, -0.1) is 0 Å². The van der Waals surface area contributed by atoms with Crippen LogP contribution in [0.3, 0.4) is 0 Å². The van der Waals surface area contributed by atoms with E-state index in [2.05, 4.69) is 22.5 Å². The molecular formula is C15H27N3O2. The van der Waals surface area contributed by atoms with E-state index in [-0.39, 0.29) is 6.03 Å². The fraction of sp³-hybridized carbons (Fsp3) is 0.800. The van der Waals surface area contributed by atoms with Crippen molar-refractivity contribution >= 4 is 6.03 Å². The van der Waals surface area contributed by atoms with E-state index in [4.69, 9.17) is 4.74 Å². The molecule has 1 heterocycles. The summed E-state index contributed by atoms with van der Waals surface area (Å²) in [5.74, 6) is 0.670.